The zero-order chi connectivity index (χ0) is 14.6. The largest absolute Gasteiger partial charge is 0.393 e. The highest BCUT2D eigenvalue weighted by Crippen LogP contribution is 2.25. The number of nitro groups is 1. The van der Waals surface area contributed by atoms with Crippen molar-refractivity contribution < 1.29 is 9.72 Å². The van der Waals surface area contributed by atoms with E-state index in [-0.39, 0.29) is 21.7 Å². The van der Waals surface area contributed by atoms with E-state index in [1.165, 1.54) is 18.2 Å². The van der Waals surface area contributed by atoms with Gasteiger partial charge in [-0.15, -0.1) is 0 Å². The molecular weight excluding hydrogens is 266 g/mol. The van der Waals surface area contributed by atoms with Gasteiger partial charge >= 0.3 is 0 Å². The average Bonchev–Trinajstić information content (AvgIpc) is 2.36. The van der Waals surface area contributed by atoms with Crippen molar-refractivity contribution in [1.29, 1.82) is 0 Å². The summed E-state index contributed by atoms with van der Waals surface area (Å²) < 4.78 is -0.106. The Labute approximate surface area is 115 Å². The Morgan fingerprint density at radius 1 is 1.53 bits per heavy atom. The molecular formula is C12H17N3O3S. The summed E-state index contributed by atoms with van der Waals surface area (Å²) in [5.41, 5.74) is 5.42. The molecule has 0 spiro atoms. The summed E-state index contributed by atoms with van der Waals surface area (Å²) in [6.07, 6.45) is 1.95. The molecule has 0 heterocycles. The number of rotatable bonds is 5. The lowest BCUT2D eigenvalue weighted by molar-refractivity contribution is -0.383. The number of nitrogen functional groups attached to an aromatic ring is 1. The maximum Gasteiger partial charge on any atom is 0.292 e. The number of benzene rings is 1. The van der Waals surface area contributed by atoms with E-state index >= 15 is 0 Å². The molecule has 0 radical (unpaired) electrons. The monoisotopic (exact) mass is 283 g/mol. The number of nitrogens with two attached hydrogens (primary N) is 1. The number of carbonyl (C=O) groups is 1. The van der Waals surface area contributed by atoms with E-state index in [1.54, 1.807) is 11.8 Å². The molecule has 0 saturated carbocycles. The fourth-order valence-corrected chi connectivity index (χ4v) is 1.59. The van der Waals surface area contributed by atoms with Crippen molar-refractivity contribution in [3.05, 3.63) is 33.9 Å². The van der Waals surface area contributed by atoms with Gasteiger partial charge in [-0.25, -0.2) is 0 Å². The summed E-state index contributed by atoms with van der Waals surface area (Å²) in [7, 11) is 0. The molecule has 1 rings (SSSR count). The van der Waals surface area contributed by atoms with Crippen molar-refractivity contribution in [1.82, 2.24) is 5.32 Å². The first-order chi connectivity index (χ1) is 8.78. The van der Waals surface area contributed by atoms with Crippen LogP contribution in [-0.4, -0.2) is 28.4 Å². The summed E-state index contributed by atoms with van der Waals surface area (Å²) >= 11 is 1.62. The Morgan fingerprint density at radius 2 is 2.16 bits per heavy atom. The molecule has 1 amide bonds. The van der Waals surface area contributed by atoms with Crippen LogP contribution in [-0.2, 0) is 0 Å². The number of para-hydroxylation sites is 1. The quantitative estimate of drug-likeness (QED) is 0.489. The minimum atomic E-state index is -0.599. The molecule has 0 aromatic heterocycles. The summed E-state index contributed by atoms with van der Waals surface area (Å²) in [6.45, 7) is 4.44. The van der Waals surface area contributed by atoms with Gasteiger partial charge in [0.15, 0.2) is 0 Å². The molecule has 0 fully saturated rings. The number of carbonyl (C=O) groups excluding carboxylic acids is 1. The lowest BCUT2D eigenvalue weighted by atomic mass is 10.1. The smallest absolute Gasteiger partial charge is 0.292 e. The van der Waals surface area contributed by atoms with E-state index in [2.05, 4.69) is 5.32 Å². The van der Waals surface area contributed by atoms with Gasteiger partial charge in [0.25, 0.3) is 11.6 Å². The second-order valence-corrected chi connectivity index (χ2v) is 6.16. The highest BCUT2D eigenvalue weighted by Gasteiger charge is 2.21. The van der Waals surface area contributed by atoms with Gasteiger partial charge in [0.2, 0.25) is 0 Å². The van der Waals surface area contributed by atoms with E-state index in [0.717, 1.165) is 0 Å². The fraction of sp³-hybridized carbons (Fsp3) is 0.417. The number of nitrogens with one attached hydrogen (secondary N) is 1. The van der Waals surface area contributed by atoms with Gasteiger partial charge in [0, 0.05) is 17.4 Å². The molecule has 0 aliphatic carbocycles. The van der Waals surface area contributed by atoms with Gasteiger partial charge in [-0.1, -0.05) is 6.07 Å². The number of thioether (sulfide) groups is 1. The van der Waals surface area contributed by atoms with Crippen LogP contribution in [0.2, 0.25) is 0 Å². The van der Waals surface area contributed by atoms with Crippen LogP contribution in [0.3, 0.4) is 0 Å². The normalized spacial score (nSPS) is 11.1. The predicted molar refractivity (Wildman–Crippen MR) is 77.4 cm³/mol. The van der Waals surface area contributed by atoms with Gasteiger partial charge < -0.3 is 11.1 Å². The number of anilines is 1. The number of hydrogen-bond acceptors (Lipinski definition) is 5. The molecule has 0 saturated heterocycles. The van der Waals surface area contributed by atoms with Crippen molar-refractivity contribution in [2.24, 2.45) is 0 Å². The number of hydrogen-bond donors (Lipinski definition) is 2. The fourth-order valence-electron chi connectivity index (χ4n) is 1.37. The van der Waals surface area contributed by atoms with Gasteiger partial charge in [0.1, 0.15) is 5.69 Å². The second-order valence-electron chi connectivity index (χ2n) is 4.64. The lowest BCUT2D eigenvalue weighted by Gasteiger charge is -2.22. The van der Waals surface area contributed by atoms with E-state index in [4.69, 9.17) is 5.73 Å². The Kier molecular flexibility index (Phi) is 4.77. The number of nitrogens with zero attached hydrogens (tertiary/aromatic N) is 1. The van der Waals surface area contributed by atoms with Crippen LogP contribution >= 0.6 is 11.8 Å². The van der Waals surface area contributed by atoms with Crippen molar-refractivity contribution in [3.8, 4) is 0 Å². The maximum absolute atomic E-state index is 12.0. The van der Waals surface area contributed by atoms with E-state index in [0.29, 0.717) is 6.54 Å². The van der Waals surface area contributed by atoms with Gasteiger partial charge in [0.05, 0.1) is 10.5 Å². The molecule has 0 aliphatic rings. The molecule has 0 unspecified atom stereocenters. The van der Waals surface area contributed by atoms with Crippen LogP contribution in [0, 0.1) is 10.1 Å². The van der Waals surface area contributed by atoms with Crippen LogP contribution < -0.4 is 11.1 Å². The summed E-state index contributed by atoms with van der Waals surface area (Å²) in [5.74, 6) is -0.400. The Balaban J connectivity index is 2.89. The summed E-state index contributed by atoms with van der Waals surface area (Å²) in [6, 6.07) is 4.20. The van der Waals surface area contributed by atoms with E-state index in [9.17, 15) is 14.9 Å². The van der Waals surface area contributed by atoms with Crippen LogP contribution in [0.1, 0.15) is 24.2 Å². The topological polar surface area (TPSA) is 98.3 Å². The first kappa shape index (κ1) is 15.3. The third-order valence-electron chi connectivity index (χ3n) is 2.75. The van der Waals surface area contributed by atoms with Crippen LogP contribution in [0.15, 0.2) is 18.2 Å². The van der Waals surface area contributed by atoms with Gasteiger partial charge in [-0.3, -0.25) is 14.9 Å². The summed E-state index contributed by atoms with van der Waals surface area (Å²) in [5, 5.41) is 13.5. The standard InChI is InChI=1S/C12H17N3O3S/c1-12(2,19-3)7-14-11(16)8-5-4-6-9(10(8)13)15(17)18/h4-6H,7,13H2,1-3H3,(H,14,16). The predicted octanol–water partition coefficient (Wildman–Crippen LogP) is 2.05. The molecule has 6 nitrogen and oxygen atoms in total. The highest BCUT2D eigenvalue weighted by atomic mass is 32.2. The molecule has 0 bridgehead atoms. The SMILES string of the molecule is CSC(C)(C)CNC(=O)c1cccc([N+](=O)[O-])c1N. The molecule has 7 heteroatoms. The van der Waals surface area contributed by atoms with Crippen LogP contribution in [0.5, 0.6) is 0 Å². The van der Waals surface area contributed by atoms with E-state index < -0.39 is 10.8 Å². The molecule has 19 heavy (non-hydrogen) atoms. The first-order valence-corrected chi connectivity index (χ1v) is 6.87. The second kappa shape index (κ2) is 5.92. The number of nitro benzene ring substituents is 1. The lowest BCUT2D eigenvalue weighted by Crippen LogP contribution is -2.36. The van der Waals surface area contributed by atoms with Crippen molar-refractivity contribution in [3.63, 3.8) is 0 Å². The van der Waals surface area contributed by atoms with Gasteiger partial charge in [-0.05, 0) is 26.2 Å². The van der Waals surface area contributed by atoms with Crippen LogP contribution in [0.4, 0.5) is 11.4 Å². The Morgan fingerprint density at radius 3 is 2.68 bits per heavy atom. The number of amides is 1. The highest BCUT2D eigenvalue weighted by molar-refractivity contribution is 7.99. The average molecular weight is 283 g/mol. The molecule has 0 atom stereocenters. The molecule has 3 N–H and O–H groups in total. The van der Waals surface area contributed by atoms with Crippen LogP contribution in [0.25, 0.3) is 0 Å². The minimum absolute atomic E-state index is 0.105. The third kappa shape index (κ3) is 3.85. The maximum atomic E-state index is 12.0. The molecule has 1 aromatic rings. The summed E-state index contributed by atoms with van der Waals surface area (Å²) in [4.78, 5) is 22.1. The Bertz CT molecular complexity index is 503. The third-order valence-corrected chi connectivity index (χ3v) is 4.00. The Hall–Kier alpha value is -1.76. The first-order valence-electron chi connectivity index (χ1n) is 5.65. The van der Waals surface area contributed by atoms with Crippen molar-refractivity contribution in [2.45, 2.75) is 18.6 Å². The molecule has 1 aromatic carbocycles. The minimum Gasteiger partial charge on any atom is -0.393 e. The van der Waals surface area contributed by atoms with E-state index in [1.807, 2.05) is 20.1 Å². The van der Waals surface area contributed by atoms with Crippen molar-refractivity contribution >= 4 is 29.0 Å². The zero-order valence-electron chi connectivity index (χ0n) is 11.1. The molecule has 0 aliphatic heterocycles. The van der Waals surface area contributed by atoms with Gasteiger partial charge in [-0.2, -0.15) is 11.8 Å². The zero-order valence-corrected chi connectivity index (χ0v) is 11.9. The van der Waals surface area contributed by atoms with Crippen molar-refractivity contribution in [2.75, 3.05) is 18.5 Å². The molecule has 104 valence electrons.